The van der Waals surface area contributed by atoms with Crippen LogP contribution in [0.2, 0.25) is 0 Å². The van der Waals surface area contributed by atoms with Crippen LogP contribution in [0.25, 0.3) is 22.2 Å². The molecule has 3 heterocycles. The number of aromatic amines is 1. The third kappa shape index (κ3) is 3.92. The maximum absolute atomic E-state index is 11.7. The number of ether oxygens (including phenoxy) is 1. The standard InChI is InChI=1S/C25H23N5O2/c1-2-22(31)29-18-12-13-30(15-18)25-23-21(14-26-24(23)27-16-28-25)17-8-10-20(11-9-17)32-19-6-4-3-5-7-19/h2-11,14,16,18H,1,12-13,15H2,(H,29,31)(H,26,27,28). The van der Waals surface area contributed by atoms with Crippen LogP contribution in [0.5, 0.6) is 11.5 Å². The summed E-state index contributed by atoms with van der Waals surface area (Å²) in [6.07, 6.45) is 5.70. The van der Waals surface area contributed by atoms with Crippen LogP contribution in [-0.2, 0) is 4.79 Å². The summed E-state index contributed by atoms with van der Waals surface area (Å²) >= 11 is 0. The van der Waals surface area contributed by atoms with Crippen LogP contribution in [0.1, 0.15) is 6.42 Å². The first kappa shape index (κ1) is 19.8. The van der Waals surface area contributed by atoms with Crippen molar-refractivity contribution < 1.29 is 9.53 Å². The van der Waals surface area contributed by atoms with Crippen molar-refractivity contribution in [1.29, 1.82) is 0 Å². The molecule has 1 saturated heterocycles. The molecule has 1 unspecified atom stereocenters. The molecule has 7 nitrogen and oxygen atoms in total. The summed E-state index contributed by atoms with van der Waals surface area (Å²) in [6.45, 7) is 5.03. The monoisotopic (exact) mass is 425 g/mol. The first-order valence-corrected chi connectivity index (χ1v) is 10.5. The number of fused-ring (bicyclic) bond motifs is 1. The minimum atomic E-state index is -0.148. The molecule has 2 N–H and O–H groups in total. The van der Waals surface area contributed by atoms with E-state index in [1.54, 1.807) is 6.33 Å². The maximum atomic E-state index is 11.7. The fraction of sp³-hybridized carbons (Fsp3) is 0.160. The quantitative estimate of drug-likeness (QED) is 0.450. The largest absolute Gasteiger partial charge is 0.457 e. The van der Waals surface area contributed by atoms with Crippen molar-refractivity contribution in [2.24, 2.45) is 0 Å². The third-order valence-corrected chi connectivity index (χ3v) is 5.61. The number of carbonyl (C=O) groups excluding carboxylic acids is 1. The van der Waals surface area contributed by atoms with Crippen molar-refractivity contribution in [3.63, 3.8) is 0 Å². The molecule has 1 atom stereocenters. The summed E-state index contributed by atoms with van der Waals surface area (Å²) < 4.78 is 5.91. The van der Waals surface area contributed by atoms with Crippen LogP contribution in [0.4, 0.5) is 5.82 Å². The molecule has 0 bridgehead atoms. The van der Waals surface area contributed by atoms with Gasteiger partial charge in [0.25, 0.3) is 0 Å². The Morgan fingerprint density at radius 2 is 1.91 bits per heavy atom. The second-order valence-electron chi connectivity index (χ2n) is 7.71. The van der Waals surface area contributed by atoms with E-state index in [1.165, 1.54) is 6.08 Å². The summed E-state index contributed by atoms with van der Waals surface area (Å²) in [5.74, 6) is 2.29. The van der Waals surface area contributed by atoms with Crippen molar-refractivity contribution in [2.45, 2.75) is 12.5 Å². The molecule has 0 aliphatic carbocycles. The number of anilines is 1. The smallest absolute Gasteiger partial charge is 0.243 e. The molecule has 0 saturated carbocycles. The number of hydrogen-bond donors (Lipinski definition) is 2. The maximum Gasteiger partial charge on any atom is 0.243 e. The Balaban J connectivity index is 1.42. The number of rotatable bonds is 6. The molecule has 5 rings (SSSR count). The average Bonchev–Trinajstić information content (AvgIpc) is 3.47. The normalized spacial score (nSPS) is 15.6. The third-order valence-electron chi connectivity index (χ3n) is 5.61. The van der Waals surface area contributed by atoms with E-state index >= 15 is 0 Å². The summed E-state index contributed by atoms with van der Waals surface area (Å²) in [6, 6.07) is 17.8. The molecular formula is C25H23N5O2. The highest BCUT2D eigenvalue weighted by molar-refractivity contribution is 6.01. The lowest BCUT2D eigenvalue weighted by molar-refractivity contribution is -0.117. The van der Waals surface area contributed by atoms with Gasteiger partial charge < -0.3 is 19.9 Å². The molecule has 0 radical (unpaired) electrons. The molecule has 1 aliphatic heterocycles. The highest BCUT2D eigenvalue weighted by Crippen LogP contribution is 2.35. The van der Waals surface area contributed by atoms with Crippen molar-refractivity contribution in [3.05, 3.63) is 79.8 Å². The van der Waals surface area contributed by atoms with E-state index in [9.17, 15) is 4.79 Å². The Morgan fingerprint density at radius 3 is 2.69 bits per heavy atom. The highest BCUT2D eigenvalue weighted by Gasteiger charge is 2.27. The number of para-hydroxylation sites is 1. The van der Waals surface area contributed by atoms with Crippen LogP contribution >= 0.6 is 0 Å². The Hall–Kier alpha value is -4.13. The molecule has 160 valence electrons. The van der Waals surface area contributed by atoms with Crippen molar-refractivity contribution in [1.82, 2.24) is 20.3 Å². The number of H-pyrrole nitrogens is 1. The predicted molar refractivity (Wildman–Crippen MR) is 125 cm³/mol. The first-order valence-electron chi connectivity index (χ1n) is 10.5. The number of benzene rings is 2. The first-order chi connectivity index (χ1) is 15.7. The predicted octanol–water partition coefficient (Wildman–Crippen LogP) is 4.30. The van der Waals surface area contributed by atoms with E-state index in [2.05, 4.69) is 31.7 Å². The Morgan fingerprint density at radius 1 is 1.12 bits per heavy atom. The molecule has 32 heavy (non-hydrogen) atoms. The van der Waals surface area contributed by atoms with Gasteiger partial charge in [0, 0.05) is 30.9 Å². The van der Waals surface area contributed by atoms with Crippen LogP contribution in [0.15, 0.2) is 79.8 Å². The van der Waals surface area contributed by atoms with Crippen molar-refractivity contribution in [3.8, 4) is 22.6 Å². The fourth-order valence-corrected chi connectivity index (χ4v) is 4.07. The van der Waals surface area contributed by atoms with Crippen molar-refractivity contribution >= 4 is 22.8 Å². The number of aromatic nitrogens is 3. The number of nitrogens with one attached hydrogen (secondary N) is 2. The summed E-state index contributed by atoms with van der Waals surface area (Å²) in [4.78, 5) is 26.1. The van der Waals surface area contributed by atoms with E-state index in [4.69, 9.17) is 4.74 Å². The summed E-state index contributed by atoms with van der Waals surface area (Å²) in [5.41, 5.74) is 2.86. The second kappa shape index (κ2) is 8.55. The average molecular weight is 425 g/mol. The topological polar surface area (TPSA) is 83.1 Å². The number of nitrogens with zero attached hydrogens (tertiary/aromatic N) is 3. The minimum Gasteiger partial charge on any atom is -0.457 e. The zero-order valence-corrected chi connectivity index (χ0v) is 17.5. The highest BCUT2D eigenvalue weighted by atomic mass is 16.5. The van der Waals surface area contributed by atoms with Crippen LogP contribution in [0, 0.1) is 0 Å². The van der Waals surface area contributed by atoms with Gasteiger partial charge in [-0.25, -0.2) is 9.97 Å². The molecule has 1 amide bonds. The van der Waals surface area contributed by atoms with Crippen LogP contribution < -0.4 is 15.0 Å². The van der Waals surface area contributed by atoms with Gasteiger partial charge in [-0.3, -0.25) is 4.79 Å². The summed E-state index contributed by atoms with van der Waals surface area (Å²) in [7, 11) is 0. The molecule has 2 aromatic carbocycles. The molecule has 0 spiro atoms. The van der Waals surface area contributed by atoms with Gasteiger partial charge in [0.15, 0.2) is 0 Å². The van der Waals surface area contributed by atoms with Gasteiger partial charge in [0.2, 0.25) is 5.91 Å². The number of amides is 1. The van der Waals surface area contributed by atoms with Crippen molar-refractivity contribution in [2.75, 3.05) is 18.0 Å². The van der Waals surface area contributed by atoms with Gasteiger partial charge in [-0.15, -0.1) is 0 Å². The summed E-state index contributed by atoms with van der Waals surface area (Å²) in [5, 5.41) is 3.95. The number of carbonyl (C=O) groups is 1. The van der Waals surface area contributed by atoms with E-state index in [0.717, 1.165) is 52.4 Å². The molecule has 2 aromatic heterocycles. The van der Waals surface area contributed by atoms with E-state index in [1.807, 2.05) is 60.8 Å². The van der Waals surface area contributed by atoms with Gasteiger partial charge in [-0.2, -0.15) is 0 Å². The molecule has 1 fully saturated rings. The van der Waals surface area contributed by atoms with E-state index < -0.39 is 0 Å². The molecule has 1 aliphatic rings. The Labute approximate surface area is 185 Å². The minimum absolute atomic E-state index is 0.0716. The van der Waals surface area contributed by atoms with E-state index in [-0.39, 0.29) is 11.9 Å². The van der Waals surface area contributed by atoms with Gasteiger partial charge in [-0.05, 0) is 42.3 Å². The Kier molecular flexibility index (Phi) is 5.29. The van der Waals surface area contributed by atoms with Crippen LogP contribution in [-0.4, -0.2) is 40.0 Å². The molecule has 4 aromatic rings. The lowest BCUT2D eigenvalue weighted by Crippen LogP contribution is -2.36. The lowest BCUT2D eigenvalue weighted by Gasteiger charge is -2.19. The van der Waals surface area contributed by atoms with E-state index in [0.29, 0.717) is 6.54 Å². The van der Waals surface area contributed by atoms with Gasteiger partial charge in [0.05, 0.1) is 5.39 Å². The zero-order valence-electron chi connectivity index (χ0n) is 17.5. The zero-order chi connectivity index (χ0) is 21.9. The SMILES string of the molecule is C=CC(=O)NC1CCN(c2ncnc3[nH]cc(-c4ccc(Oc5ccccc5)cc4)c23)C1. The second-order valence-corrected chi connectivity index (χ2v) is 7.71. The van der Waals surface area contributed by atoms with Gasteiger partial charge in [0.1, 0.15) is 29.3 Å². The fourth-order valence-electron chi connectivity index (χ4n) is 4.07. The van der Waals surface area contributed by atoms with Gasteiger partial charge in [-0.1, -0.05) is 36.9 Å². The number of hydrogen-bond acceptors (Lipinski definition) is 5. The van der Waals surface area contributed by atoms with Gasteiger partial charge >= 0.3 is 0 Å². The Bertz CT molecular complexity index is 1250. The lowest BCUT2D eigenvalue weighted by atomic mass is 10.1. The molecular weight excluding hydrogens is 402 g/mol. The van der Waals surface area contributed by atoms with Crippen LogP contribution in [0.3, 0.4) is 0 Å². The molecule has 7 heteroatoms.